The van der Waals surface area contributed by atoms with E-state index in [0.717, 1.165) is 31.4 Å². The molecule has 0 aromatic heterocycles. The zero-order valence-electron chi connectivity index (χ0n) is 12.5. The fourth-order valence-electron chi connectivity index (χ4n) is 1.59. The molecule has 0 aliphatic heterocycles. The predicted octanol–water partition coefficient (Wildman–Crippen LogP) is 1.23. The number of aliphatic carboxylic acids is 1. The summed E-state index contributed by atoms with van der Waals surface area (Å²) in [7, 11) is 1.17. The first-order valence-electron chi connectivity index (χ1n) is 6.84. The van der Waals surface area contributed by atoms with Gasteiger partial charge < -0.3 is 20.5 Å². The number of hydrogen-bond acceptors (Lipinski definition) is 5. The molecule has 0 radical (unpaired) electrons. The molecule has 0 aromatic carbocycles. The van der Waals surface area contributed by atoms with Crippen molar-refractivity contribution in [2.45, 2.75) is 38.1 Å². The van der Waals surface area contributed by atoms with Crippen LogP contribution >= 0.6 is 11.8 Å². The number of ether oxygens (including phenoxy) is 1. The molecule has 0 saturated carbocycles. The Morgan fingerprint density at radius 2 is 1.86 bits per heavy atom. The zero-order valence-corrected chi connectivity index (χ0v) is 13.3. The van der Waals surface area contributed by atoms with Crippen molar-refractivity contribution in [1.29, 1.82) is 0 Å². The molecule has 0 heterocycles. The highest BCUT2D eigenvalue weighted by atomic mass is 32.2. The van der Waals surface area contributed by atoms with Crippen molar-refractivity contribution in [3.05, 3.63) is 0 Å². The zero-order chi connectivity index (χ0) is 16.1. The molecular weight excluding hydrogens is 296 g/mol. The third-order valence-corrected chi connectivity index (χ3v) is 3.46. The second-order valence-corrected chi connectivity index (χ2v) is 5.46. The van der Waals surface area contributed by atoms with Crippen LogP contribution in [0.3, 0.4) is 0 Å². The molecule has 0 aliphatic rings. The number of unbranched alkanes of at least 4 members (excludes halogenated alkanes) is 3. The maximum atomic E-state index is 11.5. The van der Waals surface area contributed by atoms with E-state index in [9.17, 15) is 14.4 Å². The van der Waals surface area contributed by atoms with Gasteiger partial charge in [-0.05, 0) is 24.9 Å². The number of methoxy groups -OCH3 is 1. The topological polar surface area (TPSA) is 105 Å². The lowest BCUT2D eigenvalue weighted by molar-refractivity contribution is -0.147. The van der Waals surface area contributed by atoms with E-state index in [4.69, 9.17) is 5.11 Å². The van der Waals surface area contributed by atoms with Gasteiger partial charge in [0, 0.05) is 6.54 Å². The van der Waals surface area contributed by atoms with Gasteiger partial charge in [-0.1, -0.05) is 12.8 Å². The largest absolute Gasteiger partial charge is 0.480 e. The molecule has 0 aromatic rings. The quantitative estimate of drug-likeness (QED) is 0.390. The molecule has 0 spiro atoms. The van der Waals surface area contributed by atoms with Gasteiger partial charge in [0.1, 0.15) is 6.04 Å². The van der Waals surface area contributed by atoms with Crippen LogP contribution in [0.25, 0.3) is 0 Å². The molecule has 3 N–H and O–H groups in total. The molecule has 0 aliphatic carbocycles. The molecule has 0 saturated heterocycles. The van der Waals surface area contributed by atoms with Crippen LogP contribution in [0.4, 0.5) is 4.79 Å². The van der Waals surface area contributed by atoms with Crippen LogP contribution in [0.15, 0.2) is 0 Å². The van der Waals surface area contributed by atoms with Crippen LogP contribution in [-0.2, 0) is 14.3 Å². The van der Waals surface area contributed by atoms with Crippen LogP contribution in [0.1, 0.15) is 32.1 Å². The maximum Gasteiger partial charge on any atom is 0.326 e. The highest BCUT2D eigenvalue weighted by molar-refractivity contribution is 7.98. The normalized spacial score (nSPS) is 11.5. The summed E-state index contributed by atoms with van der Waals surface area (Å²) in [5.74, 6) is -0.814. The fraction of sp³-hybridized carbons (Fsp3) is 0.769. The van der Waals surface area contributed by atoms with E-state index in [1.165, 1.54) is 7.11 Å². The number of esters is 1. The monoisotopic (exact) mass is 320 g/mol. The van der Waals surface area contributed by atoms with Crippen molar-refractivity contribution in [2.75, 3.05) is 25.7 Å². The minimum Gasteiger partial charge on any atom is -0.480 e. The number of carbonyl (C=O) groups is 3. The summed E-state index contributed by atoms with van der Waals surface area (Å²) in [6.45, 7) is 0.482. The third kappa shape index (κ3) is 10.9. The number of nitrogens with one attached hydrogen (secondary N) is 2. The smallest absolute Gasteiger partial charge is 0.326 e. The van der Waals surface area contributed by atoms with E-state index in [-0.39, 0.29) is 0 Å². The average Bonchev–Trinajstić information content (AvgIpc) is 2.45. The van der Waals surface area contributed by atoms with Crippen molar-refractivity contribution in [1.82, 2.24) is 10.6 Å². The Bertz CT molecular complexity index is 339. The van der Waals surface area contributed by atoms with Gasteiger partial charge in [-0.25, -0.2) is 9.59 Å². The second kappa shape index (κ2) is 12.3. The lowest BCUT2D eigenvalue weighted by atomic mass is 10.2. The summed E-state index contributed by atoms with van der Waals surface area (Å²) in [4.78, 5) is 33.5. The average molecular weight is 320 g/mol. The lowest BCUT2D eigenvalue weighted by Gasteiger charge is -2.14. The first-order chi connectivity index (χ1) is 10.0. The molecular formula is C13H24N2O5S. The van der Waals surface area contributed by atoms with Crippen LogP contribution < -0.4 is 10.6 Å². The van der Waals surface area contributed by atoms with E-state index in [1.807, 2.05) is 11.8 Å². The SMILES string of the molecule is COC(=O)C[C@H](NC(=O)NCCCCCCSC)C(=O)O. The summed E-state index contributed by atoms with van der Waals surface area (Å²) in [5, 5.41) is 13.7. The van der Waals surface area contributed by atoms with Gasteiger partial charge in [0.25, 0.3) is 0 Å². The van der Waals surface area contributed by atoms with Crippen LogP contribution in [0.5, 0.6) is 0 Å². The molecule has 122 valence electrons. The first-order valence-corrected chi connectivity index (χ1v) is 8.23. The van der Waals surface area contributed by atoms with Crippen molar-refractivity contribution >= 4 is 29.7 Å². The van der Waals surface area contributed by atoms with E-state index >= 15 is 0 Å². The van der Waals surface area contributed by atoms with Gasteiger partial charge in [0.05, 0.1) is 13.5 Å². The highest BCUT2D eigenvalue weighted by Crippen LogP contribution is 2.03. The summed E-state index contributed by atoms with van der Waals surface area (Å²) >= 11 is 1.81. The Morgan fingerprint density at radius 1 is 1.19 bits per heavy atom. The third-order valence-electron chi connectivity index (χ3n) is 2.76. The minimum absolute atomic E-state index is 0.395. The summed E-state index contributed by atoms with van der Waals surface area (Å²) in [5.41, 5.74) is 0. The van der Waals surface area contributed by atoms with Crippen molar-refractivity contribution in [2.24, 2.45) is 0 Å². The number of carboxylic acids is 1. The number of carboxylic acid groups (broad SMARTS) is 1. The fourth-order valence-corrected chi connectivity index (χ4v) is 2.08. The van der Waals surface area contributed by atoms with Crippen LogP contribution in [-0.4, -0.2) is 54.8 Å². The van der Waals surface area contributed by atoms with Gasteiger partial charge in [0.15, 0.2) is 0 Å². The van der Waals surface area contributed by atoms with Gasteiger partial charge in [0.2, 0.25) is 0 Å². The molecule has 0 rings (SSSR count). The number of thioether (sulfide) groups is 1. The number of rotatable bonds is 11. The Kier molecular flexibility index (Phi) is 11.5. The van der Waals surface area contributed by atoms with Gasteiger partial charge in [-0.3, -0.25) is 4.79 Å². The Labute approximate surface area is 129 Å². The molecule has 2 amide bonds. The van der Waals surface area contributed by atoms with E-state index in [2.05, 4.69) is 21.6 Å². The first kappa shape index (κ1) is 19.6. The predicted molar refractivity (Wildman–Crippen MR) is 81.4 cm³/mol. The van der Waals surface area contributed by atoms with Gasteiger partial charge in [-0.15, -0.1) is 0 Å². The minimum atomic E-state index is -1.28. The number of hydrogen-bond donors (Lipinski definition) is 3. The lowest BCUT2D eigenvalue weighted by Crippen LogP contribution is -2.47. The molecule has 8 heteroatoms. The Morgan fingerprint density at radius 3 is 2.43 bits per heavy atom. The standard InChI is InChI=1S/C13H24N2O5S/c1-20-11(16)9-10(12(17)18)15-13(19)14-7-5-3-4-6-8-21-2/h10H,3-9H2,1-2H3,(H,17,18)(H2,14,15,19)/t10-/m0/s1. The van der Waals surface area contributed by atoms with Crippen molar-refractivity contribution in [3.63, 3.8) is 0 Å². The van der Waals surface area contributed by atoms with Crippen molar-refractivity contribution < 1.29 is 24.2 Å². The Balaban J connectivity index is 3.83. The van der Waals surface area contributed by atoms with Gasteiger partial charge >= 0.3 is 18.0 Å². The van der Waals surface area contributed by atoms with E-state index in [1.54, 1.807) is 0 Å². The molecule has 21 heavy (non-hydrogen) atoms. The van der Waals surface area contributed by atoms with Crippen molar-refractivity contribution in [3.8, 4) is 0 Å². The Hall–Kier alpha value is -1.44. The number of urea groups is 1. The molecule has 0 unspecified atom stereocenters. The van der Waals surface area contributed by atoms with E-state index in [0.29, 0.717) is 6.54 Å². The molecule has 0 bridgehead atoms. The highest BCUT2D eigenvalue weighted by Gasteiger charge is 2.23. The van der Waals surface area contributed by atoms with E-state index < -0.39 is 30.4 Å². The summed E-state index contributed by atoms with van der Waals surface area (Å²) in [6.07, 6.45) is 5.81. The summed E-state index contributed by atoms with van der Waals surface area (Å²) < 4.78 is 4.38. The number of carbonyl (C=O) groups excluding carboxylic acids is 2. The molecule has 7 nitrogen and oxygen atoms in total. The van der Waals surface area contributed by atoms with Crippen LogP contribution in [0, 0.1) is 0 Å². The summed E-state index contributed by atoms with van der Waals surface area (Å²) in [6, 6.07) is -1.87. The maximum absolute atomic E-state index is 11.5. The molecule has 0 fully saturated rings. The number of amides is 2. The molecule has 1 atom stereocenters. The second-order valence-electron chi connectivity index (χ2n) is 4.48. The van der Waals surface area contributed by atoms with Gasteiger partial charge in [-0.2, -0.15) is 11.8 Å². The van der Waals surface area contributed by atoms with Crippen LogP contribution in [0.2, 0.25) is 0 Å².